The molecule has 4 nitrogen and oxygen atoms in total. The van der Waals surface area contributed by atoms with Gasteiger partial charge in [-0.25, -0.2) is 0 Å². The Labute approximate surface area is 92.9 Å². The molecule has 0 radical (unpaired) electrons. The highest BCUT2D eigenvalue weighted by atomic mass is 16.5. The quantitative estimate of drug-likeness (QED) is 0.717. The van der Waals surface area contributed by atoms with Crippen molar-refractivity contribution in [1.29, 1.82) is 0 Å². The Morgan fingerprint density at radius 3 is 2.81 bits per heavy atom. The second-order valence-electron chi connectivity index (χ2n) is 3.77. The van der Waals surface area contributed by atoms with Crippen LogP contribution in [0.5, 0.6) is 0 Å². The van der Waals surface area contributed by atoms with Crippen LogP contribution in [0.15, 0.2) is 34.1 Å². The molecule has 1 aliphatic rings. The second kappa shape index (κ2) is 3.96. The van der Waals surface area contributed by atoms with Crippen LogP contribution in [0.1, 0.15) is 31.9 Å². The first-order chi connectivity index (χ1) is 7.59. The summed E-state index contributed by atoms with van der Waals surface area (Å²) in [6, 6.07) is 3.50. The molecule has 0 saturated carbocycles. The SMILES string of the molecule is CC(=O)C1=C(C)OC(=O)C[C@@H]1c1ccco1. The van der Waals surface area contributed by atoms with Gasteiger partial charge in [0.15, 0.2) is 5.78 Å². The van der Waals surface area contributed by atoms with Crippen molar-refractivity contribution in [2.45, 2.75) is 26.2 Å². The van der Waals surface area contributed by atoms with Crippen LogP contribution in [0.3, 0.4) is 0 Å². The molecule has 1 aromatic rings. The fourth-order valence-electron chi connectivity index (χ4n) is 2.01. The van der Waals surface area contributed by atoms with Gasteiger partial charge in [0.25, 0.3) is 0 Å². The summed E-state index contributed by atoms with van der Waals surface area (Å²) in [4.78, 5) is 22.9. The molecule has 0 N–H and O–H groups in total. The van der Waals surface area contributed by atoms with E-state index in [2.05, 4.69) is 0 Å². The molecule has 0 bridgehead atoms. The van der Waals surface area contributed by atoms with Gasteiger partial charge in [-0.15, -0.1) is 0 Å². The van der Waals surface area contributed by atoms with Crippen LogP contribution in [0.25, 0.3) is 0 Å². The number of esters is 1. The molecule has 0 aliphatic carbocycles. The Morgan fingerprint density at radius 1 is 1.50 bits per heavy atom. The lowest BCUT2D eigenvalue weighted by molar-refractivity contribution is -0.141. The van der Waals surface area contributed by atoms with Gasteiger partial charge in [0, 0.05) is 5.57 Å². The highest BCUT2D eigenvalue weighted by Crippen LogP contribution is 2.35. The molecule has 84 valence electrons. The number of Topliss-reactive ketones (excluding diaryl/α,β-unsaturated/α-hetero) is 1. The summed E-state index contributed by atoms with van der Waals surface area (Å²) in [6.07, 6.45) is 1.68. The summed E-state index contributed by atoms with van der Waals surface area (Å²) < 4.78 is 10.2. The van der Waals surface area contributed by atoms with Gasteiger partial charge in [0.05, 0.1) is 18.6 Å². The number of allylic oxidation sites excluding steroid dienone is 2. The standard InChI is InChI=1S/C12H12O4/c1-7(13)12-8(2)16-11(14)6-9(12)10-4-3-5-15-10/h3-5,9H,6H2,1-2H3/t9-/m1/s1. The molecule has 0 aromatic carbocycles. The average molecular weight is 220 g/mol. The number of carbonyl (C=O) groups excluding carboxylic acids is 2. The van der Waals surface area contributed by atoms with Crippen LogP contribution < -0.4 is 0 Å². The van der Waals surface area contributed by atoms with Gasteiger partial charge >= 0.3 is 5.97 Å². The number of carbonyl (C=O) groups is 2. The third kappa shape index (κ3) is 1.78. The molecule has 4 heteroatoms. The van der Waals surface area contributed by atoms with Crippen LogP contribution in [0.4, 0.5) is 0 Å². The lowest BCUT2D eigenvalue weighted by atomic mass is 9.88. The van der Waals surface area contributed by atoms with Crippen molar-refractivity contribution in [2.75, 3.05) is 0 Å². The van der Waals surface area contributed by atoms with E-state index in [0.717, 1.165) is 0 Å². The molecular weight excluding hydrogens is 208 g/mol. The summed E-state index contributed by atoms with van der Waals surface area (Å²) in [5.74, 6) is 0.274. The van der Waals surface area contributed by atoms with E-state index in [1.54, 1.807) is 19.1 Å². The average Bonchev–Trinajstić information content (AvgIpc) is 2.67. The summed E-state index contributed by atoms with van der Waals surface area (Å²) >= 11 is 0. The van der Waals surface area contributed by atoms with Crippen LogP contribution in [0, 0.1) is 0 Å². The Morgan fingerprint density at radius 2 is 2.25 bits per heavy atom. The highest BCUT2D eigenvalue weighted by Gasteiger charge is 2.33. The zero-order valence-corrected chi connectivity index (χ0v) is 9.15. The van der Waals surface area contributed by atoms with Crippen LogP contribution >= 0.6 is 0 Å². The van der Waals surface area contributed by atoms with E-state index >= 15 is 0 Å². The Bertz CT molecular complexity index is 453. The molecule has 16 heavy (non-hydrogen) atoms. The molecular formula is C12H12O4. The highest BCUT2D eigenvalue weighted by molar-refractivity contribution is 5.97. The van der Waals surface area contributed by atoms with Gasteiger partial charge in [-0.2, -0.15) is 0 Å². The van der Waals surface area contributed by atoms with Crippen molar-refractivity contribution in [3.63, 3.8) is 0 Å². The maximum atomic E-state index is 11.5. The zero-order chi connectivity index (χ0) is 11.7. The molecule has 2 heterocycles. The van der Waals surface area contributed by atoms with E-state index in [-0.39, 0.29) is 24.1 Å². The molecule has 1 atom stereocenters. The van der Waals surface area contributed by atoms with E-state index in [0.29, 0.717) is 17.1 Å². The molecule has 1 aromatic heterocycles. The maximum absolute atomic E-state index is 11.5. The number of rotatable bonds is 2. The van der Waals surface area contributed by atoms with Crippen molar-refractivity contribution in [1.82, 2.24) is 0 Å². The number of hydrogen-bond acceptors (Lipinski definition) is 4. The monoisotopic (exact) mass is 220 g/mol. The predicted octanol–water partition coefficient (Wildman–Crippen LogP) is 2.17. The van der Waals surface area contributed by atoms with Crippen molar-refractivity contribution in [3.8, 4) is 0 Å². The minimum atomic E-state index is -0.330. The normalized spacial score (nSPS) is 20.9. The van der Waals surface area contributed by atoms with Crippen LogP contribution in [0.2, 0.25) is 0 Å². The lowest BCUT2D eigenvalue weighted by Crippen LogP contribution is -2.22. The first kappa shape index (κ1) is 10.7. The van der Waals surface area contributed by atoms with Gasteiger partial charge in [0.2, 0.25) is 0 Å². The molecule has 2 rings (SSSR count). The molecule has 1 aliphatic heterocycles. The number of furan rings is 1. The molecule has 0 amide bonds. The molecule has 0 unspecified atom stereocenters. The van der Waals surface area contributed by atoms with Crippen molar-refractivity contribution in [3.05, 3.63) is 35.5 Å². The third-order valence-electron chi connectivity index (χ3n) is 2.63. The van der Waals surface area contributed by atoms with Gasteiger partial charge in [0.1, 0.15) is 11.5 Å². The first-order valence-corrected chi connectivity index (χ1v) is 5.05. The number of hydrogen-bond donors (Lipinski definition) is 0. The Kier molecular flexibility index (Phi) is 2.64. The van der Waals surface area contributed by atoms with Crippen LogP contribution in [-0.2, 0) is 14.3 Å². The maximum Gasteiger partial charge on any atom is 0.311 e. The van der Waals surface area contributed by atoms with E-state index in [4.69, 9.17) is 9.15 Å². The Balaban J connectivity index is 2.46. The minimum Gasteiger partial charge on any atom is -0.469 e. The largest absolute Gasteiger partial charge is 0.469 e. The number of ether oxygens (including phenoxy) is 1. The van der Waals surface area contributed by atoms with E-state index in [1.165, 1.54) is 13.2 Å². The van der Waals surface area contributed by atoms with Gasteiger partial charge < -0.3 is 9.15 Å². The number of ketones is 1. The molecule has 0 spiro atoms. The van der Waals surface area contributed by atoms with E-state index in [9.17, 15) is 9.59 Å². The lowest BCUT2D eigenvalue weighted by Gasteiger charge is -2.23. The van der Waals surface area contributed by atoms with E-state index in [1.807, 2.05) is 0 Å². The third-order valence-corrected chi connectivity index (χ3v) is 2.63. The van der Waals surface area contributed by atoms with Gasteiger partial charge in [-0.3, -0.25) is 9.59 Å². The van der Waals surface area contributed by atoms with Crippen molar-refractivity contribution < 1.29 is 18.7 Å². The van der Waals surface area contributed by atoms with Crippen molar-refractivity contribution >= 4 is 11.8 Å². The summed E-state index contributed by atoms with van der Waals surface area (Å²) in [5.41, 5.74) is 0.523. The fourth-order valence-corrected chi connectivity index (χ4v) is 2.01. The summed E-state index contributed by atoms with van der Waals surface area (Å²) in [5, 5.41) is 0. The fraction of sp³-hybridized carbons (Fsp3) is 0.333. The first-order valence-electron chi connectivity index (χ1n) is 5.05. The number of cyclic esters (lactones) is 1. The van der Waals surface area contributed by atoms with Gasteiger partial charge in [-0.1, -0.05) is 0 Å². The Hall–Kier alpha value is -1.84. The van der Waals surface area contributed by atoms with Crippen LogP contribution in [-0.4, -0.2) is 11.8 Å². The summed E-state index contributed by atoms with van der Waals surface area (Å²) in [7, 11) is 0. The second-order valence-corrected chi connectivity index (χ2v) is 3.77. The zero-order valence-electron chi connectivity index (χ0n) is 9.15. The smallest absolute Gasteiger partial charge is 0.311 e. The topological polar surface area (TPSA) is 56.5 Å². The molecule has 0 saturated heterocycles. The van der Waals surface area contributed by atoms with Crippen molar-refractivity contribution in [2.24, 2.45) is 0 Å². The van der Waals surface area contributed by atoms with Gasteiger partial charge in [-0.05, 0) is 26.0 Å². The molecule has 0 fully saturated rings. The summed E-state index contributed by atoms with van der Waals surface area (Å²) in [6.45, 7) is 3.09. The predicted molar refractivity (Wildman–Crippen MR) is 55.5 cm³/mol. The van der Waals surface area contributed by atoms with E-state index < -0.39 is 0 Å². The minimum absolute atomic E-state index is 0.0913.